The summed E-state index contributed by atoms with van der Waals surface area (Å²) in [6.07, 6.45) is 10.2. The molecule has 4 nitrogen and oxygen atoms in total. The van der Waals surface area contributed by atoms with Crippen molar-refractivity contribution in [2.75, 3.05) is 0 Å². The normalized spacial score (nSPS) is 18.7. The minimum absolute atomic E-state index is 0.681. The van der Waals surface area contributed by atoms with Gasteiger partial charge < -0.3 is 5.11 Å². The van der Waals surface area contributed by atoms with Crippen molar-refractivity contribution < 1.29 is 5.11 Å². The predicted molar refractivity (Wildman–Crippen MR) is 70.1 cm³/mol. The van der Waals surface area contributed by atoms with Gasteiger partial charge >= 0.3 is 0 Å². The molecule has 0 radical (unpaired) electrons. The number of nitrogens with zero attached hydrogens (tertiary/aromatic N) is 3. The predicted octanol–water partition coefficient (Wildman–Crippen LogP) is 2.75. The topological polar surface area (TPSA) is 58.9 Å². The molecular formula is C13H15N3OS. The summed E-state index contributed by atoms with van der Waals surface area (Å²) >= 11 is 1.51. The Balaban J connectivity index is 1.89. The van der Waals surface area contributed by atoms with Gasteiger partial charge in [-0.05, 0) is 18.9 Å². The first-order chi connectivity index (χ1) is 8.78. The number of hydrogen-bond donors (Lipinski definition) is 1. The molecule has 5 heteroatoms. The molecule has 0 spiro atoms. The van der Waals surface area contributed by atoms with Crippen molar-refractivity contribution in [3.63, 3.8) is 0 Å². The Morgan fingerprint density at radius 3 is 2.50 bits per heavy atom. The van der Waals surface area contributed by atoms with Crippen LogP contribution in [0.2, 0.25) is 0 Å². The summed E-state index contributed by atoms with van der Waals surface area (Å²) in [5.41, 5.74) is -0.726. The van der Waals surface area contributed by atoms with Gasteiger partial charge in [-0.1, -0.05) is 19.3 Å². The van der Waals surface area contributed by atoms with E-state index in [0.29, 0.717) is 5.82 Å². The summed E-state index contributed by atoms with van der Waals surface area (Å²) in [4.78, 5) is 13.7. The molecule has 18 heavy (non-hydrogen) atoms. The van der Waals surface area contributed by atoms with Crippen molar-refractivity contribution >= 4 is 11.3 Å². The highest BCUT2D eigenvalue weighted by Gasteiger charge is 2.34. The second-order valence-electron chi connectivity index (χ2n) is 4.69. The maximum atomic E-state index is 10.6. The van der Waals surface area contributed by atoms with Crippen molar-refractivity contribution in [3.05, 3.63) is 29.7 Å². The first-order valence-corrected chi connectivity index (χ1v) is 7.06. The van der Waals surface area contributed by atoms with Crippen LogP contribution < -0.4 is 0 Å². The molecule has 0 aromatic carbocycles. The van der Waals surface area contributed by atoms with Crippen LogP contribution in [-0.2, 0) is 5.60 Å². The van der Waals surface area contributed by atoms with E-state index in [2.05, 4.69) is 15.0 Å². The summed E-state index contributed by atoms with van der Waals surface area (Å²) in [7, 11) is 0. The van der Waals surface area contributed by atoms with Gasteiger partial charge in [0.1, 0.15) is 10.6 Å². The third-order valence-corrected chi connectivity index (χ3v) is 4.56. The first kappa shape index (κ1) is 11.7. The Bertz CT molecular complexity index is 520. The number of rotatable bonds is 2. The van der Waals surface area contributed by atoms with Gasteiger partial charge in [-0.3, -0.25) is 0 Å². The number of aliphatic hydroxyl groups is 1. The fourth-order valence-corrected chi connectivity index (χ4v) is 3.38. The summed E-state index contributed by atoms with van der Waals surface area (Å²) in [6.45, 7) is 0. The van der Waals surface area contributed by atoms with E-state index in [-0.39, 0.29) is 0 Å². The quantitative estimate of drug-likeness (QED) is 0.903. The highest BCUT2D eigenvalue weighted by atomic mass is 32.1. The molecule has 0 unspecified atom stereocenters. The minimum Gasteiger partial charge on any atom is -0.383 e. The Kier molecular flexibility index (Phi) is 3.09. The molecular weight excluding hydrogens is 246 g/mol. The van der Waals surface area contributed by atoms with E-state index in [0.717, 1.165) is 35.6 Å². The molecule has 1 saturated carbocycles. The highest BCUT2D eigenvalue weighted by molar-refractivity contribution is 7.15. The molecule has 94 valence electrons. The Labute approximate surface area is 110 Å². The zero-order valence-corrected chi connectivity index (χ0v) is 10.9. The molecule has 1 fully saturated rings. The molecule has 3 rings (SSSR count). The molecule has 1 aliphatic carbocycles. The second kappa shape index (κ2) is 4.74. The molecule has 0 aliphatic heterocycles. The molecule has 0 saturated heterocycles. The zero-order valence-electron chi connectivity index (χ0n) is 10.0. The van der Waals surface area contributed by atoms with Crippen molar-refractivity contribution in [2.45, 2.75) is 37.7 Å². The van der Waals surface area contributed by atoms with Crippen LogP contribution in [0.1, 0.15) is 37.1 Å². The summed E-state index contributed by atoms with van der Waals surface area (Å²) in [5, 5.41) is 11.4. The minimum atomic E-state index is -0.726. The number of thiazole rings is 1. The van der Waals surface area contributed by atoms with Crippen molar-refractivity contribution in [3.8, 4) is 10.7 Å². The van der Waals surface area contributed by atoms with Crippen molar-refractivity contribution in [1.29, 1.82) is 0 Å². The van der Waals surface area contributed by atoms with Crippen LogP contribution in [0.25, 0.3) is 10.7 Å². The van der Waals surface area contributed by atoms with Crippen molar-refractivity contribution in [2.24, 2.45) is 0 Å². The first-order valence-electron chi connectivity index (χ1n) is 6.24. The lowest BCUT2D eigenvalue weighted by Gasteiger charge is -2.29. The smallest absolute Gasteiger partial charge is 0.171 e. The van der Waals surface area contributed by atoms with Gasteiger partial charge in [-0.25, -0.2) is 15.0 Å². The summed E-state index contributed by atoms with van der Waals surface area (Å²) in [5.74, 6) is 0.681. The van der Waals surface area contributed by atoms with Crippen LogP contribution >= 0.6 is 11.3 Å². The van der Waals surface area contributed by atoms with E-state index in [1.165, 1.54) is 17.8 Å². The van der Waals surface area contributed by atoms with E-state index >= 15 is 0 Å². The molecule has 2 aromatic rings. The van der Waals surface area contributed by atoms with Gasteiger partial charge in [-0.15, -0.1) is 11.3 Å². The lowest BCUT2D eigenvalue weighted by Crippen LogP contribution is -2.28. The van der Waals surface area contributed by atoms with E-state index < -0.39 is 5.60 Å². The molecule has 0 bridgehead atoms. The van der Waals surface area contributed by atoms with Crippen LogP contribution in [0, 0.1) is 0 Å². The van der Waals surface area contributed by atoms with Crippen LogP contribution in [0.5, 0.6) is 0 Å². The van der Waals surface area contributed by atoms with E-state index in [9.17, 15) is 5.11 Å². The number of hydrogen-bond acceptors (Lipinski definition) is 5. The van der Waals surface area contributed by atoms with Crippen LogP contribution in [-0.4, -0.2) is 20.1 Å². The largest absolute Gasteiger partial charge is 0.383 e. The van der Waals surface area contributed by atoms with Gasteiger partial charge in [0.2, 0.25) is 0 Å². The average molecular weight is 261 g/mol. The third kappa shape index (κ3) is 2.15. The molecule has 0 amide bonds. The fourth-order valence-electron chi connectivity index (χ4n) is 2.37. The Morgan fingerprint density at radius 1 is 1.06 bits per heavy atom. The molecule has 1 N–H and O–H groups in total. The lowest BCUT2D eigenvalue weighted by atomic mass is 9.85. The molecule has 0 atom stereocenters. The van der Waals surface area contributed by atoms with E-state index in [1.54, 1.807) is 24.7 Å². The van der Waals surface area contributed by atoms with E-state index in [4.69, 9.17) is 0 Å². The SMILES string of the molecule is OC1(c2ncc(-c3ncccn3)s2)CCCCC1. The monoisotopic (exact) mass is 261 g/mol. The average Bonchev–Trinajstić information content (AvgIpc) is 2.91. The molecule has 1 aliphatic rings. The van der Waals surface area contributed by atoms with Gasteiger partial charge in [0.05, 0.1) is 4.88 Å². The zero-order chi connectivity index (χ0) is 12.4. The van der Waals surface area contributed by atoms with Crippen molar-refractivity contribution in [1.82, 2.24) is 15.0 Å². The maximum absolute atomic E-state index is 10.6. The van der Waals surface area contributed by atoms with Gasteiger partial charge in [0.25, 0.3) is 0 Å². The molecule has 2 heterocycles. The van der Waals surface area contributed by atoms with Crippen LogP contribution in [0.4, 0.5) is 0 Å². The number of aromatic nitrogens is 3. The Morgan fingerprint density at radius 2 is 1.78 bits per heavy atom. The summed E-state index contributed by atoms with van der Waals surface area (Å²) < 4.78 is 0. The Hall–Kier alpha value is -1.33. The van der Waals surface area contributed by atoms with Gasteiger partial charge in [0, 0.05) is 18.6 Å². The highest BCUT2D eigenvalue weighted by Crippen LogP contribution is 2.40. The summed E-state index contributed by atoms with van der Waals surface area (Å²) in [6, 6.07) is 1.79. The maximum Gasteiger partial charge on any atom is 0.171 e. The van der Waals surface area contributed by atoms with Gasteiger partial charge in [-0.2, -0.15) is 0 Å². The fraction of sp³-hybridized carbons (Fsp3) is 0.462. The molecule has 2 aromatic heterocycles. The van der Waals surface area contributed by atoms with Crippen LogP contribution in [0.3, 0.4) is 0 Å². The standard InChI is InChI=1S/C13H15N3OS/c17-13(5-2-1-3-6-13)12-16-9-10(18-12)11-14-7-4-8-15-11/h4,7-9,17H,1-3,5-6H2. The third-order valence-electron chi connectivity index (χ3n) is 3.37. The van der Waals surface area contributed by atoms with E-state index in [1.807, 2.05) is 0 Å². The van der Waals surface area contributed by atoms with Gasteiger partial charge in [0.15, 0.2) is 5.82 Å². The lowest BCUT2D eigenvalue weighted by molar-refractivity contribution is -0.000806. The second-order valence-corrected chi connectivity index (χ2v) is 5.72. The van der Waals surface area contributed by atoms with Crippen LogP contribution in [0.15, 0.2) is 24.7 Å².